The summed E-state index contributed by atoms with van der Waals surface area (Å²) in [5.41, 5.74) is 0. The molecule has 112 valence electrons. The zero-order valence-electron chi connectivity index (χ0n) is 12.0. The Kier molecular flexibility index (Phi) is 4.34. The molecule has 0 bridgehead atoms. The van der Waals surface area contributed by atoms with Gasteiger partial charge in [-0.05, 0) is 43.6 Å². The maximum absolute atomic E-state index is 11.8. The van der Waals surface area contributed by atoms with Gasteiger partial charge < -0.3 is 9.84 Å². The Bertz CT molecular complexity index is 590. The third-order valence-corrected chi connectivity index (χ3v) is 4.59. The Balaban J connectivity index is 1.42. The molecule has 1 saturated carbocycles. The van der Waals surface area contributed by atoms with Crippen LogP contribution in [0.3, 0.4) is 0 Å². The van der Waals surface area contributed by atoms with Gasteiger partial charge in [0.25, 0.3) is 0 Å². The molecule has 0 radical (unpaired) electrons. The minimum Gasteiger partial charge on any atom is -0.353 e. The smallest absolute Gasteiger partial charge is 0.226 e. The maximum atomic E-state index is 11.8. The van der Waals surface area contributed by atoms with Gasteiger partial charge in [-0.3, -0.25) is 4.79 Å². The highest BCUT2D eigenvalue weighted by atomic mass is 32.1. The van der Waals surface area contributed by atoms with E-state index in [1.807, 2.05) is 17.5 Å². The Morgan fingerprint density at radius 2 is 2.43 bits per heavy atom. The molecule has 1 fully saturated rings. The molecule has 2 heterocycles. The second-order valence-corrected chi connectivity index (χ2v) is 6.48. The van der Waals surface area contributed by atoms with E-state index in [4.69, 9.17) is 4.52 Å². The summed E-state index contributed by atoms with van der Waals surface area (Å²) in [6.07, 6.45) is 4.37. The Morgan fingerprint density at radius 1 is 1.57 bits per heavy atom. The van der Waals surface area contributed by atoms with Crippen LogP contribution in [0.1, 0.15) is 38.5 Å². The molecule has 0 aliphatic heterocycles. The summed E-state index contributed by atoms with van der Waals surface area (Å²) < 4.78 is 5.21. The van der Waals surface area contributed by atoms with Gasteiger partial charge >= 0.3 is 0 Å². The molecule has 1 unspecified atom stereocenters. The summed E-state index contributed by atoms with van der Waals surface area (Å²) >= 11 is 1.58. The monoisotopic (exact) mass is 305 g/mol. The van der Waals surface area contributed by atoms with Crippen molar-refractivity contribution in [2.24, 2.45) is 5.92 Å². The first-order valence-corrected chi connectivity index (χ1v) is 8.26. The van der Waals surface area contributed by atoms with Gasteiger partial charge in [-0.2, -0.15) is 4.98 Å². The standard InChI is InChI=1S/C15H19N3O2S/c1-10(11-7-8-11)16-13(19)5-2-6-14-17-15(18-20-14)12-4-3-9-21-12/h3-4,9-11H,2,5-8H2,1H3,(H,16,19). The summed E-state index contributed by atoms with van der Waals surface area (Å²) in [5.74, 6) is 2.04. The van der Waals surface area contributed by atoms with Crippen molar-refractivity contribution in [1.82, 2.24) is 15.5 Å². The van der Waals surface area contributed by atoms with Crippen LogP contribution in [0.2, 0.25) is 0 Å². The molecule has 2 aromatic heterocycles. The highest BCUT2D eigenvalue weighted by Crippen LogP contribution is 2.32. The first-order chi connectivity index (χ1) is 10.2. The van der Waals surface area contributed by atoms with E-state index in [0.717, 1.165) is 11.3 Å². The quantitative estimate of drug-likeness (QED) is 0.853. The van der Waals surface area contributed by atoms with Crippen LogP contribution in [0.5, 0.6) is 0 Å². The fourth-order valence-electron chi connectivity index (χ4n) is 2.30. The van der Waals surface area contributed by atoms with Crippen LogP contribution < -0.4 is 5.32 Å². The molecule has 3 rings (SSSR count). The lowest BCUT2D eigenvalue weighted by atomic mass is 10.2. The minimum atomic E-state index is 0.118. The largest absolute Gasteiger partial charge is 0.353 e. The number of carbonyl (C=O) groups excluding carboxylic acids is 1. The zero-order chi connectivity index (χ0) is 14.7. The van der Waals surface area contributed by atoms with Crippen molar-refractivity contribution >= 4 is 17.2 Å². The molecule has 21 heavy (non-hydrogen) atoms. The predicted molar refractivity (Wildman–Crippen MR) is 80.9 cm³/mol. The number of carbonyl (C=O) groups is 1. The fourth-order valence-corrected chi connectivity index (χ4v) is 2.95. The average Bonchev–Trinajstić information content (AvgIpc) is 2.98. The number of hydrogen-bond donors (Lipinski definition) is 1. The summed E-state index contributed by atoms with van der Waals surface area (Å²) in [5, 5.41) is 8.99. The molecule has 1 aliphatic carbocycles. The number of nitrogens with zero attached hydrogens (tertiary/aromatic N) is 2. The lowest BCUT2D eigenvalue weighted by molar-refractivity contribution is -0.121. The van der Waals surface area contributed by atoms with Crippen molar-refractivity contribution in [1.29, 1.82) is 0 Å². The van der Waals surface area contributed by atoms with Crippen LogP contribution in [0.25, 0.3) is 10.7 Å². The van der Waals surface area contributed by atoms with Crippen LogP contribution in [0, 0.1) is 5.92 Å². The molecule has 5 nitrogen and oxygen atoms in total. The van der Waals surface area contributed by atoms with Gasteiger partial charge in [0.1, 0.15) is 0 Å². The van der Waals surface area contributed by atoms with Crippen molar-refractivity contribution < 1.29 is 9.32 Å². The third-order valence-electron chi connectivity index (χ3n) is 3.72. The molecule has 1 amide bonds. The molecule has 0 aromatic carbocycles. The summed E-state index contributed by atoms with van der Waals surface area (Å²) in [4.78, 5) is 17.1. The second kappa shape index (κ2) is 6.39. The van der Waals surface area contributed by atoms with Crippen LogP contribution >= 0.6 is 11.3 Å². The molecular formula is C15H19N3O2S. The van der Waals surface area contributed by atoms with Gasteiger partial charge in [-0.25, -0.2) is 0 Å². The third kappa shape index (κ3) is 3.91. The van der Waals surface area contributed by atoms with Crippen LogP contribution in [0.4, 0.5) is 0 Å². The molecule has 0 saturated heterocycles. The molecule has 1 aliphatic rings. The normalized spacial score (nSPS) is 15.9. The summed E-state index contributed by atoms with van der Waals surface area (Å²) in [6.45, 7) is 2.08. The number of nitrogens with one attached hydrogen (secondary N) is 1. The lowest BCUT2D eigenvalue weighted by Gasteiger charge is -2.12. The molecule has 1 atom stereocenters. The van der Waals surface area contributed by atoms with E-state index in [9.17, 15) is 4.79 Å². The van der Waals surface area contributed by atoms with Crippen molar-refractivity contribution in [2.45, 2.75) is 45.1 Å². The molecule has 1 N–H and O–H groups in total. The maximum Gasteiger partial charge on any atom is 0.226 e. The van der Waals surface area contributed by atoms with E-state index in [0.29, 0.717) is 36.5 Å². The molecule has 2 aromatic rings. The van der Waals surface area contributed by atoms with Crippen LogP contribution in [-0.4, -0.2) is 22.1 Å². The van der Waals surface area contributed by atoms with E-state index in [1.165, 1.54) is 12.8 Å². The number of hydrogen-bond acceptors (Lipinski definition) is 5. The van der Waals surface area contributed by atoms with Crippen molar-refractivity contribution in [3.05, 3.63) is 23.4 Å². The summed E-state index contributed by atoms with van der Waals surface area (Å²) in [6, 6.07) is 4.24. The highest BCUT2D eigenvalue weighted by molar-refractivity contribution is 7.13. The summed E-state index contributed by atoms with van der Waals surface area (Å²) in [7, 11) is 0. The predicted octanol–water partition coefficient (Wildman–Crippen LogP) is 3.04. The van der Waals surface area contributed by atoms with E-state index in [2.05, 4.69) is 22.4 Å². The average molecular weight is 305 g/mol. The zero-order valence-corrected chi connectivity index (χ0v) is 12.9. The molecule has 0 spiro atoms. The van der Waals surface area contributed by atoms with Gasteiger partial charge in [0.15, 0.2) is 0 Å². The van der Waals surface area contributed by atoms with Gasteiger partial charge in [0.2, 0.25) is 17.6 Å². The minimum absolute atomic E-state index is 0.118. The Labute approximate surface area is 127 Å². The fraction of sp³-hybridized carbons (Fsp3) is 0.533. The number of aryl methyl sites for hydroxylation is 1. The van der Waals surface area contributed by atoms with Crippen molar-refractivity contribution in [2.75, 3.05) is 0 Å². The first kappa shape index (κ1) is 14.3. The van der Waals surface area contributed by atoms with E-state index in [1.54, 1.807) is 11.3 Å². The van der Waals surface area contributed by atoms with Crippen LogP contribution in [0.15, 0.2) is 22.0 Å². The van der Waals surface area contributed by atoms with Crippen LogP contribution in [-0.2, 0) is 11.2 Å². The Morgan fingerprint density at radius 3 is 3.14 bits per heavy atom. The topological polar surface area (TPSA) is 68.0 Å². The number of rotatable bonds is 7. The lowest BCUT2D eigenvalue weighted by Crippen LogP contribution is -2.33. The van der Waals surface area contributed by atoms with Gasteiger partial charge in [0, 0.05) is 18.9 Å². The number of aromatic nitrogens is 2. The first-order valence-electron chi connectivity index (χ1n) is 7.38. The molecular weight excluding hydrogens is 286 g/mol. The van der Waals surface area contributed by atoms with E-state index >= 15 is 0 Å². The van der Waals surface area contributed by atoms with Crippen molar-refractivity contribution in [3.8, 4) is 10.7 Å². The van der Waals surface area contributed by atoms with Crippen molar-refractivity contribution in [3.63, 3.8) is 0 Å². The van der Waals surface area contributed by atoms with E-state index in [-0.39, 0.29) is 5.91 Å². The molecule has 6 heteroatoms. The van der Waals surface area contributed by atoms with Gasteiger partial charge in [-0.15, -0.1) is 11.3 Å². The Hall–Kier alpha value is -1.69. The highest BCUT2D eigenvalue weighted by Gasteiger charge is 2.28. The number of thiophene rings is 1. The van der Waals surface area contributed by atoms with Gasteiger partial charge in [-0.1, -0.05) is 11.2 Å². The van der Waals surface area contributed by atoms with E-state index < -0.39 is 0 Å². The van der Waals surface area contributed by atoms with Gasteiger partial charge in [0.05, 0.1) is 4.88 Å². The second-order valence-electron chi connectivity index (χ2n) is 5.54. The number of amides is 1. The SMILES string of the molecule is CC(NC(=O)CCCc1nc(-c2cccs2)no1)C1CC1.